The first kappa shape index (κ1) is 15.3. The van der Waals surface area contributed by atoms with E-state index in [1.807, 2.05) is 18.2 Å². The van der Waals surface area contributed by atoms with Crippen molar-refractivity contribution >= 4 is 0 Å². The smallest absolute Gasteiger partial charge is 0.213 e. The molecule has 1 aliphatic rings. The van der Waals surface area contributed by atoms with Crippen LogP contribution in [0.1, 0.15) is 38.3 Å². The average Bonchev–Trinajstić information content (AvgIpc) is 2.52. The van der Waals surface area contributed by atoms with Gasteiger partial charge in [0, 0.05) is 18.7 Å². The van der Waals surface area contributed by atoms with Gasteiger partial charge in [-0.2, -0.15) is 0 Å². The van der Waals surface area contributed by atoms with Gasteiger partial charge in [-0.1, -0.05) is 19.4 Å². The van der Waals surface area contributed by atoms with E-state index in [2.05, 4.69) is 22.1 Å². The molecule has 4 nitrogen and oxygen atoms in total. The Kier molecular flexibility index (Phi) is 6.27. The fourth-order valence-corrected chi connectivity index (χ4v) is 2.66. The van der Waals surface area contributed by atoms with Crippen molar-refractivity contribution in [1.82, 2.24) is 15.2 Å². The summed E-state index contributed by atoms with van der Waals surface area (Å²) in [5.41, 5.74) is 1.05. The zero-order valence-corrected chi connectivity index (χ0v) is 12.8. The fourth-order valence-electron chi connectivity index (χ4n) is 2.66. The van der Waals surface area contributed by atoms with Crippen LogP contribution in [0.25, 0.3) is 0 Å². The average molecular weight is 277 g/mol. The van der Waals surface area contributed by atoms with Gasteiger partial charge >= 0.3 is 0 Å². The van der Waals surface area contributed by atoms with E-state index in [4.69, 9.17) is 4.74 Å². The number of aromatic nitrogens is 1. The lowest BCUT2D eigenvalue weighted by Gasteiger charge is -2.32. The van der Waals surface area contributed by atoms with E-state index < -0.39 is 0 Å². The summed E-state index contributed by atoms with van der Waals surface area (Å²) in [6.07, 6.45) is 5.10. The lowest BCUT2D eigenvalue weighted by atomic mass is 10.0. The summed E-state index contributed by atoms with van der Waals surface area (Å²) in [5, 5.41) is 3.62. The molecule has 1 fully saturated rings. The normalized spacial score (nSPS) is 17.3. The molecule has 1 N–H and O–H groups in total. The third-order valence-electron chi connectivity index (χ3n) is 3.98. The summed E-state index contributed by atoms with van der Waals surface area (Å²) in [6, 6.07) is 6.55. The van der Waals surface area contributed by atoms with E-state index in [1.54, 1.807) is 7.11 Å². The molecule has 1 aliphatic heterocycles. The summed E-state index contributed by atoms with van der Waals surface area (Å²) >= 11 is 0. The molecule has 1 aromatic rings. The number of ether oxygens (including phenoxy) is 1. The fraction of sp³-hybridized carbons (Fsp3) is 0.688. The summed E-state index contributed by atoms with van der Waals surface area (Å²) in [7, 11) is 1.66. The molecule has 0 atom stereocenters. The van der Waals surface area contributed by atoms with Crippen LogP contribution in [-0.2, 0) is 6.54 Å². The van der Waals surface area contributed by atoms with Crippen LogP contribution in [0.4, 0.5) is 0 Å². The molecule has 0 radical (unpaired) electrons. The van der Waals surface area contributed by atoms with Crippen LogP contribution in [0.3, 0.4) is 0 Å². The highest BCUT2D eigenvalue weighted by molar-refractivity contribution is 5.15. The molecule has 4 heteroatoms. The van der Waals surface area contributed by atoms with Crippen molar-refractivity contribution in [3.05, 3.63) is 23.9 Å². The SMILES string of the molecule is CCCCN1CCC(NCc2cccc(OC)n2)CC1. The molecule has 0 saturated carbocycles. The predicted octanol–water partition coefficient (Wildman–Crippen LogP) is 2.44. The molecule has 0 spiro atoms. The van der Waals surface area contributed by atoms with Crippen molar-refractivity contribution in [2.45, 2.75) is 45.2 Å². The number of nitrogens with one attached hydrogen (secondary N) is 1. The summed E-state index contributed by atoms with van der Waals surface area (Å²) < 4.78 is 5.15. The number of pyridine rings is 1. The number of methoxy groups -OCH3 is 1. The van der Waals surface area contributed by atoms with E-state index in [-0.39, 0.29) is 0 Å². The number of piperidine rings is 1. The molecule has 0 aliphatic carbocycles. The second-order valence-corrected chi connectivity index (χ2v) is 5.52. The van der Waals surface area contributed by atoms with Crippen LogP contribution in [-0.4, -0.2) is 42.7 Å². The van der Waals surface area contributed by atoms with Crippen LogP contribution in [0, 0.1) is 0 Å². The van der Waals surface area contributed by atoms with Crippen molar-refractivity contribution in [2.75, 3.05) is 26.7 Å². The summed E-state index contributed by atoms with van der Waals surface area (Å²) in [6.45, 7) is 6.80. The predicted molar refractivity (Wildman–Crippen MR) is 82.0 cm³/mol. The number of unbranched alkanes of at least 4 members (excludes halogenated alkanes) is 1. The maximum Gasteiger partial charge on any atom is 0.213 e. The number of hydrogen-bond donors (Lipinski definition) is 1. The first-order valence-corrected chi connectivity index (χ1v) is 7.77. The Hall–Kier alpha value is -1.13. The van der Waals surface area contributed by atoms with E-state index in [0.29, 0.717) is 11.9 Å². The Balaban J connectivity index is 1.70. The topological polar surface area (TPSA) is 37.4 Å². The van der Waals surface area contributed by atoms with Gasteiger partial charge in [-0.3, -0.25) is 0 Å². The molecule has 0 bridgehead atoms. The molecule has 0 aromatic carbocycles. The van der Waals surface area contributed by atoms with Gasteiger partial charge in [0.25, 0.3) is 0 Å². The Morgan fingerprint density at radius 2 is 2.15 bits per heavy atom. The van der Waals surface area contributed by atoms with Crippen LogP contribution in [0.5, 0.6) is 5.88 Å². The van der Waals surface area contributed by atoms with Gasteiger partial charge in [0.05, 0.1) is 12.8 Å². The van der Waals surface area contributed by atoms with Crippen molar-refractivity contribution < 1.29 is 4.74 Å². The lowest BCUT2D eigenvalue weighted by molar-refractivity contribution is 0.194. The molecule has 2 rings (SSSR count). The highest BCUT2D eigenvalue weighted by Crippen LogP contribution is 2.12. The van der Waals surface area contributed by atoms with Crippen LogP contribution in [0.2, 0.25) is 0 Å². The van der Waals surface area contributed by atoms with Crippen LogP contribution in [0.15, 0.2) is 18.2 Å². The Morgan fingerprint density at radius 3 is 2.85 bits per heavy atom. The third-order valence-corrected chi connectivity index (χ3v) is 3.98. The molecule has 1 aromatic heterocycles. The zero-order valence-electron chi connectivity index (χ0n) is 12.8. The minimum atomic E-state index is 0.626. The van der Waals surface area contributed by atoms with Crippen LogP contribution >= 0.6 is 0 Å². The largest absolute Gasteiger partial charge is 0.481 e. The first-order valence-electron chi connectivity index (χ1n) is 7.77. The van der Waals surface area contributed by atoms with Gasteiger partial charge in [-0.15, -0.1) is 0 Å². The maximum absolute atomic E-state index is 5.15. The van der Waals surface area contributed by atoms with E-state index in [1.165, 1.54) is 45.3 Å². The quantitative estimate of drug-likeness (QED) is 0.830. The Bertz CT molecular complexity index is 389. The summed E-state index contributed by atoms with van der Waals surface area (Å²) in [5.74, 6) is 0.693. The highest BCUT2D eigenvalue weighted by atomic mass is 16.5. The molecular formula is C16H27N3O. The second kappa shape index (κ2) is 8.22. The maximum atomic E-state index is 5.15. The van der Waals surface area contributed by atoms with Gasteiger partial charge in [0.1, 0.15) is 0 Å². The van der Waals surface area contributed by atoms with E-state index in [9.17, 15) is 0 Å². The number of nitrogens with zero attached hydrogens (tertiary/aromatic N) is 2. The van der Waals surface area contributed by atoms with E-state index >= 15 is 0 Å². The monoisotopic (exact) mass is 277 g/mol. The lowest BCUT2D eigenvalue weighted by Crippen LogP contribution is -2.42. The standard InChI is InChI=1S/C16H27N3O/c1-3-4-10-19-11-8-14(9-12-19)17-13-15-6-5-7-16(18-15)20-2/h5-7,14,17H,3-4,8-13H2,1-2H3. The number of likely N-dealkylation sites (tertiary alicyclic amines) is 1. The third kappa shape index (κ3) is 4.76. The van der Waals surface area contributed by atoms with Crippen LogP contribution < -0.4 is 10.1 Å². The molecule has 2 heterocycles. The molecule has 0 unspecified atom stereocenters. The Morgan fingerprint density at radius 1 is 1.35 bits per heavy atom. The molecule has 0 amide bonds. The molecule has 112 valence electrons. The van der Waals surface area contributed by atoms with Crippen molar-refractivity contribution in [3.63, 3.8) is 0 Å². The Labute approximate surface area is 122 Å². The molecule has 1 saturated heterocycles. The molecule has 20 heavy (non-hydrogen) atoms. The van der Waals surface area contributed by atoms with Gasteiger partial charge in [-0.25, -0.2) is 4.98 Å². The number of hydrogen-bond acceptors (Lipinski definition) is 4. The zero-order chi connectivity index (χ0) is 14.2. The van der Waals surface area contributed by atoms with Gasteiger partial charge in [0.15, 0.2) is 0 Å². The minimum Gasteiger partial charge on any atom is -0.481 e. The van der Waals surface area contributed by atoms with Gasteiger partial charge in [0.2, 0.25) is 5.88 Å². The van der Waals surface area contributed by atoms with Gasteiger partial charge < -0.3 is 15.0 Å². The number of rotatable bonds is 7. The molecular weight excluding hydrogens is 250 g/mol. The second-order valence-electron chi connectivity index (χ2n) is 5.52. The van der Waals surface area contributed by atoms with E-state index in [0.717, 1.165) is 12.2 Å². The van der Waals surface area contributed by atoms with Crippen molar-refractivity contribution in [2.24, 2.45) is 0 Å². The van der Waals surface area contributed by atoms with Crippen molar-refractivity contribution in [1.29, 1.82) is 0 Å². The highest BCUT2D eigenvalue weighted by Gasteiger charge is 2.18. The first-order chi connectivity index (χ1) is 9.81. The summed E-state index contributed by atoms with van der Waals surface area (Å²) in [4.78, 5) is 7.02. The minimum absolute atomic E-state index is 0.626. The van der Waals surface area contributed by atoms with Crippen molar-refractivity contribution in [3.8, 4) is 5.88 Å². The van der Waals surface area contributed by atoms with Gasteiger partial charge in [-0.05, 0) is 45.0 Å².